The molecule has 0 bridgehead atoms. The highest BCUT2D eigenvalue weighted by molar-refractivity contribution is 7.13. The lowest BCUT2D eigenvalue weighted by Gasteiger charge is -2.34. The molecule has 8 nitrogen and oxygen atoms in total. The molecule has 10 heteroatoms. The molecule has 1 aliphatic heterocycles. The van der Waals surface area contributed by atoms with E-state index in [1.165, 1.54) is 12.3 Å². The van der Waals surface area contributed by atoms with Crippen molar-refractivity contribution in [3.63, 3.8) is 0 Å². The molecule has 4 rings (SSSR count). The molecule has 0 aliphatic carbocycles. The van der Waals surface area contributed by atoms with Crippen molar-refractivity contribution >= 4 is 34.9 Å². The highest BCUT2D eigenvalue weighted by atomic mass is 35.5. The van der Waals surface area contributed by atoms with Crippen LogP contribution in [0.3, 0.4) is 0 Å². The Morgan fingerprint density at radius 1 is 1.17 bits per heavy atom. The maximum Gasteiger partial charge on any atom is 0.356 e. The van der Waals surface area contributed by atoms with Crippen molar-refractivity contribution in [2.45, 2.75) is 6.54 Å². The molecule has 0 radical (unpaired) electrons. The standard InChI is InChI=1S/C19H18ClN5O3S/c20-15-2-1-13(11-14(15)17-21-4-10-29-17)12-23-6-8-24(9-7-23)19(28)25-5-3-16(22-25)18(26)27/h1-5,10-11H,6-9,12H2,(H,26,27). The Hall–Kier alpha value is -2.75. The number of aromatic carboxylic acids is 1. The number of carboxylic acid groups (broad SMARTS) is 1. The number of piperazine rings is 1. The van der Waals surface area contributed by atoms with E-state index < -0.39 is 5.97 Å². The van der Waals surface area contributed by atoms with Crippen molar-refractivity contribution in [1.82, 2.24) is 24.6 Å². The van der Waals surface area contributed by atoms with Crippen LogP contribution in [-0.2, 0) is 6.54 Å². The molecule has 3 heterocycles. The number of aromatic nitrogens is 3. The molecule has 0 spiro atoms. The minimum absolute atomic E-state index is 0.143. The first kappa shape index (κ1) is 19.6. The summed E-state index contributed by atoms with van der Waals surface area (Å²) in [5, 5.41) is 16.3. The van der Waals surface area contributed by atoms with Gasteiger partial charge in [-0.2, -0.15) is 9.78 Å². The number of rotatable bonds is 4. The van der Waals surface area contributed by atoms with Crippen LogP contribution in [-0.4, -0.2) is 67.9 Å². The predicted octanol–water partition coefficient (Wildman–Crippen LogP) is 3.14. The summed E-state index contributed by atoms with van der Waals surface area (Å²) in [5.41, 5.74) is 1.93. The van der Waals surface area contributed by atoms with Gasteiger partial charge in [-0.3, -0.25) is 4.90 Å². The number of carboxylic acids is 1. The zero-order valence-electron chi connectivity index (χ0n) is 15.4. The van der Waals surface area contributed by atoms with Crippen molar-refractivity contribution in [2.75, 3.05) is 26.2 Å². The predicted molar refractivity (Wildman–Crippen MR) is 109 cm³/mol. The minimum atomic E-state index is -1.15. The summed E-state index contributed by atoms with van der Waals surface area (Å²) in [6.45, 7) is 3.28. The Morgan fingerprint density at radius 2 is 1.97 bits per heavy atom. The van der Waals surface area contributed by atoms with Crippen molar-refractivity contribution in [3.8, 4) is 10.6 Å². The number of halogens is 1. The van der Waals surface area contributed by atoms with Crippen molar-refractivity contribution < 1.29 is 14.7 Å². The average molecular weight is 432 g/mol. The normalized spacial score (nSPS) is 14.9. The molecule has 0 unspecified atom stereocenters. The summed E-state index contributed by atoms with van der Waals surface area (Å²) in [6.07, 6.45) is 3.14. The third-order valence-electron chi connectivity index (χ3n) is 4.75. The van der Waals surface area contributed by atoms with E-state index in [0.29, 0.717) is 31.2 Å². The summed E-state index contributed by atoms with van der Waals surface area (Å²) < 4.78 is 1.08. The topological polar surface area (TPSA) is 91.6 Å². The Bertz CT molecular complexity index is 1030. The van der Waals surface area contributed by atoms with Crippen LogP contribution in [0.4, 0.5) is 4.79 Å². The van der Waals surface area contributed by atoms with E-state index in [9.17, 15) is 9.59 Å². The van der Waals surface area contributed by atoms with Gasteiger partial charge in [-0.05, 0) is 23.8 Å². The second-order valence-corrected chi connectivity index (χ2v) is 7.95. The maximum atomic E-state index is 12.5. The summed E-state index contributed by atoms with van der Waals surface area (Å²) in [6, 6.07) is 6.97. The third-order valence-corrected chi connectivity index (χ3v) is 5.88. The SMILES string of the molecule is O=C(O)c1ccn(C(=O)N2CCN(Cc3ccc(Cl)c(-c4nccs4)c3)CC2)n1. The molecule has 2 aromatic heterocycles. The molecule has 1 aromatic carbocycles. The number of carbonyl (C=O) groups is 2. The van der Waals surface area contributed by atoms with E-state index in [4.69, 9.17) is 16.7 Å². The second-order valence-electron chi connectivity index (χ2n) is 6.65. The number of hydrogen-bond acceptors (Lipinski definition) is 6. The lowest BCUT2D eigenvalue weighted by molar-refractivity contribution is 0.0689. The largest absolute Gasteiger partial charge is 0.476 e. The van der Waals surface area contributed by atoms with Crippen LogP contribution in [0.15, 0.2) is 42.0 Å². The molecular formula is C19H18ClN5O3S. The molecule has 1 aliphatic rings. The fourth-order valence-corrected chi connectivity index (χ4v) is 4.17. The number of benzene rings is 1. The molecule has 29 heavy (non-hydrogen) atoms. The molecule has 150 valence electrons. The molecule has 3 aromatic rings. The Kier molecular flexibility index (Phi) is 5.61. The van der Waals surface area contributed by atoms with Gasteiger partial charge in [-0.1, -0.05) is 17.7 Å². The molecule has 1 fully saturated rings. The Balaban J connectivity index is 1.37. The monoisotopic (exact) mass is 431 g/mol. The Morgan fingerprint density at radius 3 is 2.62 bits per heavy atom. The zero-order valence-corrected chi connectivity index (χ0v) is 16.9. The Labute approximate surface area is 176 Å². The van der Waals surface area contributed by atoms with Crippen LogP contribution in [0.25, 0.3) is 10.6 Å². The molecular weight excluding hydrogens is 414 g/mol. The first-order chi connectivity index (χ1) is 14.0. The molecule has 1 amide bonds. The molecule has 1 N–H and O–H groups in total. The van der Waals surface area contributed by atoms with Gasteiger partial charge in [0.15, 0.2) is 5.69 Å². The van der Waals surface area contributed by atoms with Crippen molar-refractivity contribution in [3.05, 3.63) is 58.3 Å². The quantitative estimate of drug-likeness (QED) is 0.682. The van der Waals surface area contributed by atoms with Gasteiger partial charge in [0.2, 0.25) is 0 Å². The number of thiazole rings is 1. The summed E-state index contributed by atoms with van der Waals surface area (Å²) in [5.74, 6) is -1.15. The van der Waals surface area contributed by atoms with Gasteiger partial charge in [-0.25, -0.2) is 14.6 Å². The molecule has 1 saturated heterocycles. The highest BCUT2D eigenvalue weighted by Gasteiger charge is 2.23. The van der Waals surface area contributed by atoms with E-state index in [1.807, 2.05) is 17.5 Å². The van der Waals surface area contributed by atoms with Crippen LogP contribution in [0, 0.1) is 0 Å². The summed E-state index contributed by atoms with van der Waals surface area (Å²) in [4.78, 5) is 31.7. The molecule has 0 saturated carbocycles. The van der Waals surface area contributed by atoms with Gasteiger partial charge in [0.25, 0.3) is 0 Å². The highest BCUT2D eigenvalue weighted by Crippen LogP contribution is 2.30. The van der Waals surface area contributed by atoms with Crippen LogP contribution in [0.2, 0.25) is 5.02 Å². The van der Waals surface area contributed by atoms with Gasteiger partial charge < -0.3 is 10.0 Å². The van der Waals surface area contributed by atoms with Crippen LogP contribution in [0.5, 0.6) is 0 Å². The fourth-order valence-electron chi connectivity index (χ4n) is 3.24. The van der Waals surface area contributed by atoms with E-state index in [-0.39, 0.29) is 11.7 Å². The van der Waals surface area contributed by atoms with Crippen molar-refractivity contribution in [2.24, 2.45) is 0 Å². The number of amides is 1. The summed E-state index contributed by atoms with van der Waals surface area (Å²) in [7, 11) is 0. The maximum absolute atomic E-state index is 12.5. The van der Waals surface area contributed by atoms with Gasteiger partial charge in [-0.15, -0.1) is 11.3 Å². The number of hydrogen-bond donors (Lipinski definition) is 1. The number of carbonyl (C=O) groups excluding carboxylic acids is 1. The smallest absolute Gasteiger partial charge is 0.356 e. The van der Waals surface area contributed by atoms with Crippen LogP contribution < -0.4 is 0 Å². The first-order valence-corrected chi connectivity index (χ1v) is 10.3. The van der Waals surface area contributed by atoms with Crippen molar-refractivity contribution in [1.29, 1.82) is 0 Å². The van der Waals surface area contributed by atoms with Gasteiger partial charge in [0.1, 0.15) is 5.01 Å². The lowest BCUT2D eigenvalue weighted by Crippen LogP contribution is -2.49. The second kappa shape index (κ2) is 8.32. The van der Waals surface area contributed by atoms with Gasteiger partial charge in [0.05, 0.1) is 5.02 Å². The summed E-state index contributed by atoms with van der Waals surface area (Å²) >= 11 is 7.88. The van der Waals surface area contributed by atoms with Gasteiger partial charge >= 0.3 is 12.0 Å². The van der Waals surface area contributed by atoms with Crippen LogP contribution in [0.1, 0.15) is 16.1 Å². The van der Waals surface area contributed by atoms with Crippen LogP contribution >= 0.6 is 22.9 Å². The fraction of sp³-hybridized carbons (Fsp3) is 0.263. The number of nitrogens with zero attached hydrogens (tertiary/aromatic N) is 5. The van der Waals surface area contributed by atoms with Gasteiger partial charge in [0, 0.05) is 56.1 Å². The third kappa shape index (κ3) is 4.31. The van der Waals surface area contributed by atoms with E-state index >= 15 is 0 Å². The van der Waals surface area contributed by atoms with E-state index in [1.54, 1.807) is 22.4 Å². The minimum Gasteiger partial charge on any atom is -0.476 e. The zero-order chi connectivity index (χ0) is 20.4. The average Bonchev–Trinajstić information content (AvgIpc) is 3.42. The lowest BCUT2D eigenvalue weighted by atomic mass is 10.1. The van der Waals surface area contributed by atoms with E-state index in [0.717, 1.165) is 27.4 Å². The first-order valence-electron chi connectivity index (χ1n) is 9.00. The molecule has 0 atom stereocenters. The van der Waals surface area contributed by atoms with E-state index in [2.05, 4.69) is 21.0 Å².